The number of nitrogens with zero attached hydrogens (tertiary/aromatic N) is 5. The second-order valence-corrected chi connectivity index (χ2v) is 9.35. The van der Waals surface area contributed by atoms with Gasteiger partial charge in [0.2, 0.25) is 0 Å². The van der Waals surface area contributed by atoms with Crippen molar-refractivity contribution in [2.75, 3.05) is 42.9 Å². The Bertz CT molecular complexity index is 934. The minimum atomic E-state index is -0.851. The van der Waals surface area contributed by atoms with E-state index in [1.807, 2.05) is 12.1 Å². The van der Waals surface area contributed by atoms with Gasteiger partial charge in [0.05, 0.1) is 15.7 Å². The van der Waals surface area contributed by atoms with E-state index in [1.54, 1.807) is 30.6 Å². The highest BCUT2D eigenvalue weighted by molar-refractivity contribution is 6.40. The molecule has 2 saturated heterocycles. The largest absolute Gasteiger partial charge is 0.355 e. The molecule has 0 saturated carbocycles. The van der Waals surface area contributed by atoms with Crippen LogP contribution in [-0.2, 0) is 0 Å². The quantitative estimate of drug-likeness (QED) is 0.716. The van der Waals surface area contributed by atoms with Gasteiger partial charge >= 0.3 is 0 Å². The first-order valence-corrected chi connectivity index (χ1v) is 11.9. The van der Waals surface area contributed by atoms with Crippen molar-refractivity contribution >= 4 is 33.1 Å². The maximum absolute atomic E-state index is 12.7. The van der Waals surface area contributed by atoms with Crippen LogP contribution in [-0.4, -0.2) is 91.5 Å². The molecule has 4 radical (unpaired) electrons. The van der Waals surface area contributed by atoms with E-state index in [0.717, 1.165) is 44.8 Å². The number of pyridine rings is 2. The fraction of sp³-hybridized carbons (Fsp3) is 0.542. The van der Waals surface area contributed by atoms with Crippen LogP contribution in [0.5, 0.6) is 0 Å². The molecular formula is C24H32B2N6O. The van der Waals surface area contributed by atoms with E-state index in [1.165, 1.54) is 0 Å². The molecule has 0 unspecified atom stereocenters. The molecule has 4 rings (SSSR count). The molecule has 0 aliphatic carbocycles. The smallest absolute Gasteiger partial charge is 0.274 e. The zero-order valence-corrected chi connectivity index (χ0v) is 19.7. The Balaban J connectivity index is 1.42. The van der Waals surface area contributed by atoms with E-state index in [4.69, 9.17) is 15.7 Å². The number of carbonyl (C=O) groups excluding carboxylic acids is 1. The van der Waals surface area contributed by atoms with Gasteiger partial charge in [0.25, 0.3) is 5.91 Å². The maximum Gasteiger partial charge on any atom is 0.274 e. The number of aromatic nitrogens is 2. The SMILES string of the molecule is [B]C1([B])CCN(c2cccc(C(=O)Nc3ccncc3)n2)CCN1C1CCN(C(C)C)CC1. The lowest BCUT2D eigenvalue weighted by Gasteiger charge is -2.47. The van der Waals surface area contributed by atoms with Gasteiger partial charge < -0.3 is 20.0 Å². The first-order chi connectivity index (χ1) is 15.8. The summed E-state index contributed by atoms with van der Waals surface area (Å²) in [5.74, 6) is 0.521. The second kappa shape index (κ2) is 10.3. The number of nitrogens with one attached hydrogen (secondary N) is 1. The average Bonchev–Trinajstić information content (AvgIpc) is 2.97. The van der Waals surface area contributed by atoms with Crippen molar-refractivity contribution in [1.82, 2.24) is 19.8 Å². The highest BCUT2D eigenvalue weighted by Gasteiger charge is 2.36. The molecule has 0 bridgehead atoms. The topological polar surface area (TPSA) is 64.6 Å². The molecule has 2 aliphatic rings. The molecule has 1 N–H and O–H groups in total. The van der Waals surface area contributed by atoms with Gasteiger partial charge in [-0.25, -0.2) is 4.98 Å². The van der Waals surface area contributed by atoms with Crippen LogP contribution in [0.25, 0.3) is 0 Å². The maximum atomic E-state index is 12.7. The minimum absolute atomic E-state index is 0.247. The van der Waals surface area contributed by atoms with Crippen LogP contribution >= 0.6 is 0 Å². The number of rotatable bonds is 5. The van der Waals surface area contributed by atoms with E-state index in [9.17, 15) is 4.79 Å². The molecule has 2 aliphatic heterocycles. The Morgan fingerprint density at radius 2 is 1.79 bits per heavy atom. The molecule has 4 heterocycles. The van der Waals surface area contributed by atoms with E-state index < -0.39 is 5.34 Å². The lowest BCUT2D eigenvalue weighted by Crippen LogP contribution is -2.58. The lowest BCUT2D eigenvalue weighted by molar-refractivity contribution is 0.0767. The van der Waals surface area contributed by atoms with Gasteiger partial charge in [0.1, 0.15) is 11.5 Å². The molecule has 0 atom stereocenters. The predicted octanol–water partition coefficient (Wildman–Crippen LogP) is 2.10. The van der Waals surface area contributed by atoms with Crippen LogP contribution in [0.15, 0.2) is 42.7 Å². The summed E-state index contributed by atoms with van der Waals surface area (Å²) in [5.41, 5.74) is 1.06. The first kappa shape index (κ1) is 23.8. The zero-order valence-electron chi connectivity index (χ0n) is 19.7. The van der Waals surface area contributed by atoms with Gasteiger partial charge in [-0.05, 0) is 70.5 Å². The van der Waals surface area contributed by atoms with Crippen molar-refractivity contribution in [2.45, 2.75) is 50.5 Å². The van der Waals surface area contributed by atoms with Crippen LogP contribution in [0.4, 0.5) is 11.5 Å². The van der Waals surface area contributed by atoms with Crippen molar-refractivity contribution in [3.05, 3.63) is 48.4 Å². The summed E-state index contributed by atoms with van der Waals surface area (Å²) in [5, 5.41) is 2.01. The number of carbonyl (C=O) groups is 1. The van der Waals surface area contributed by atoms with Crippen LogP contribution < -0.4 is 10.2 Å². The number of hydrogen-bond donors (Lipinski definition) is 1. The molecule has 1 amide bonds. The summed E-state index contributed by atoms with van der Waals surface area (Å²) in [7, 11) is 13.3. The fourth-order valence-corrected chi connectivity index (χ4v) is 4.83. The van der Waals surface area contributed by atoms with Gasteiger partial charge in [0.15, 0.2) is 0 Å². The third-order valence-corrected chi connectivity index (χ3v) is 6.83. The third kappa shape index (κ3) is 5.76. The Morgan fingerprint density at radius 1 is 1.06 bits per heavy atom. The zero-order chi connectivity index (χ0) is 23.4. The summed E-state index contributed by atoms with van der Waals surface area (Å²) in [4.78, 5) is 28.3. The van der Waals surface area contributed by atoms with Crippen LogP contribution in [0.3, 0.4) is 0 Å². The molecule has 2 aromatic rings. The van der Waals surface area contributed by atoms with Gasteiger partial charge in [-0.1, -0.05) is 11.4 Å². The second-order valence-electron chi connectivity index (χ2n) is 9.35. The molecule has 9 heteroatoms. The molecule has 2 fully saturated rings. The van der Waals surface area contributed by atoms with Crippen molar-refractivity contribution < 1.29 is 4.79 Å². The molecule has 170 valence electrons. The van der Waals surface area contributed by atoms with Crippen LogP contribution in [0, 0.1) is 0 Å². The summed E-state index contributed by atoms with van der Waals surface area (Å²) in [6, 6.07) is 9.99. The highest BCUT2D eigenvalue weighted by atomic mass is 16.1. The molecule has 0 spiro atoms. The van der Waals surface area contributed by atoms with E-state index in [0.29, 0.717) is 36.4 Å². The predicted molar refractivity (Wildman–Crippen MR) is 134 cm³/mol. The van der Waals surface area contributed by atoms with E-state index in [-0.39, 0.29) is 5.91 Å². The van der Waals surface area contributed by atoms with Gasteiger partial charge in [-0.15, -0.1) is 0 Å². The monoisotopic (exact) mass is 442 g/mol. The Hall–Kier alpha value is -2.38. The van der Waals surface area contributed by atoms with Crippen molar-refractivity contribution in [2.24, 2.45) is 0 Å². The summed E-state index contributed by atoms with van der Waals surface area (Å²) >= 11 is 0. The highest BCUT2D eigenvalue weighted by Crippen LogP contribution is 2.28. The van der Waals surface area contributed by atoms with Crippen molar-refractivity contribution in [3.63, 3.8) is 0 Å². The van der Waals surface area contributed by atoms with E-state index >= 15 is 0 Å². The number of anilines is 2. The standard InChI is InChI=1S/C24H32B2N6O/c1-18(2)30-13-8-20(9-14-30)32-17-16-31(15-10-24(32,25)26)22-5-3-4-21(29-22)23(33)28-19-6-11-27-12-7-19/h3-7,11-12,18,20H,8-10,13-17H2,1-2H3,(H,27,28,33). The lowest BCUT2D eigenvalue weighted by atomic mass is 9.58. The first-order valence-electron chi connectivity index (χ1n) is 11.9. The average molecular weight is 442 g/mol. The molecule has 7 nitrogen and oxygen atoms in total. The Labute approximate surface area is 199 Å². The molecule has 33 heavy (non-hydrogen) atoms. The van der Waals surface area contributed by atoms with Gasteiger partial charge in [0, 0.05) is 49.8 Å². The molecule has 0 aromatic carbocycles. The van der Waals surface area contributed by atoms with Gasteiger partial charge in [-0.2, -0.15) is 0 Å². The Kier molecular flexibility index (Phi) is 7.39. The third-order valence-electron chi connectivity index (χ3n) is 6.83. The van der Waals surface area contributed by atoms with Crippen molar-refractivity contribution in [3.8, 4) is 0 Å². The number of piperidine rings is 1. The van der Waals surface area contributed by atoms with Crippen LogP contribution in [0.2, 0.25) is 0 Å². The number of likely N-dealkylation sites (tertiary alicyclic amines) is 1. The summed E-state index contributed by atoms with van der Waals surface area (Å²) in [6.45, 7) is 8.88. The van der Waals surface area contributed by atoms with E-state index in [2.05, 4.69) is 43.8 Å². The number of amides is 1. The normalized spacial score (nSPS) is 20.5. The summed E-state index contributed by atoms with van der Waals surface area (Å²) < 4.78 is 0. The fourth-order valence-electron chi connectivity index (χ4n) is 4.83. The van der Waals surface area contributed by atoms with Gasteiger partial charge in [-0.3, -0.25) is 9.78 Å². The van der Waals surface area contributed by atoms with Crippen LogP contribution in [0.1, 0.15) is 43.6 Å². The Morgan fingerprint density at radius 3 is 2.48 bits per heavy atom. The summed E-state index contributed by atoms with van der Waals surface area (Å²) in [6.07, 6.45) is 6.07. The minimum Gasteiger partial charge on any atom is -0.355 e. The number of hydrogen-bond acceptors (Lipinski definition) is 6. The van der Waals surface area contributed by atoms with Crippen molar-refractivity contribution in [1.29, 1.82) is 0 Å². The molecule has 2 aromatic heterocycles. The molecular weight excluding hydrogens is 410 g/mol.